The lowest BCUT2D eigenvalue weighted by Gasteiger charge is -2.14. The van der Waals surface area contributed by atoms with Gasteiger partial charge in [-0.25, -0.2) is 13.8 Å². The van der Waals surface area contributed by atoms with Gasteiger partial charge < -0.3 is 23.9 Å². The molecule has 0 aliphatic rings. The minimum Gasteiger partial charge on any atom is -0.497 e. The van der Waals surface area contributed by atoms with E-state index in [2.05, 4.69) is 36.4 Å². The molecule has 0 bridgehead atoms. The molecule has 2 heterocycles. The lowest BCUT2D eigenvalue weighted by molar-refractivity contribution is 0.123. The van der Waals surface area contributed by atoms with Crippen LogP contribution >= 0.6 is 15.9 Å². The van der Waals surface area contributed by atoms with E-state index in [1.807, 2.05) is 42.5 Å². The Labute approximate surface area is 231 Å². The van der Waals surface area contributed by atoms with E-state index in [0.717, 1.165) is 28.4 Å². The predicted octanol–water partition coefficient (Wildman–Crippen LogP) is 7.29. The number of methoxy groups -OCH3 is 3. The van der Waals surface area contributed by atoms with Crippen molar-refractivity contribution in [1.82, 2.24) is 15.2 Å². The minimum atomic E-state index is -2.77. The second-order valence-corrected chi connectivity index (χ2v) is 9.28. The number of aromatic nitrogens is 3. The number of hydrogen-bond acceptors (Lipinski definition) is 8. The third-order valence-corrected chi connectivity index (χ3v) is 6.80. The average Bonchev–Trinajstić information content (AvgIpc) is 3.46. The van der Waals surface area contributed by atoms with Crippen molar-refractivity contribution in [3.63, 3.8) is 0 Å². The standard InChI is InChI=1S/C28H23BrF2N4O4/c1-36-17-6-4-16(24(9-17)37-2)12-32-23-13-34-35-22-8-15(5-7-18(22)23)19-10-21(29)25(38-3)11-20(19)28-33-14-26(39-28)27(30)31/h4-11,13-14,27H,12H2,1-3H3,(H,32,35). The maximum Gasteiger partial charge on any atom is 0.297 e. The highest BCUT2D eigenvalue weighted by Crippen LogP contribution is 2.41. The van der Waals surface area contributed by atoms with Gasteiger partial charge in [-0.05, 0) is 63.5 Å². The van der Waals surface area contributed by atoms with Crippen LogP contribution in [0, 0.1) is 0 Å². The lowest BCUT2D eigenvalue weighted by Crippen LogP contribution is -2.03. The molecule has 2 aromatic heterocycles. The van der Waals surface area contributed by atoms with Crippen molar-refractivity contribution in [3.05, 3.63) is 76.7 Å². The lowest BCUT2D eigenvalue weighted by atomic mass is 9.98. The van der Waals surface area contributed by atoms with Crippen molar-refractivity contribution in [3.8, 4) is 39.8 Å². The molecule has 0 saturated carbocycles. The maximum absolute atomic E-state index is 13.2. The van der Waals surface area contributed by atoms with Crippen molar-refractivity contribution in [1.29, 1.82) is 0 Å². The Bertz CT molecular complexity index is 1640. The number of alkyl halides is 2. The van der Waals surface area contributed by atoms with Gasteiger partial charge in [0.1, 0.15) is 17.2 Å². The number of nitrogens with one attached hydrogen (secondary N) is 1. The molecule has 5 rings (SSSR count). The fourth-order valence-electron chi connectivity index (χ4n) is 4.19. The van der Waals surface area contributed by atoms with Crippen LogP contribution in [0.15, 0.2) is 69.8 Å². The van der Waals surface area contributed by atoms with E-state index in [1.54, 1.807) is 26.5 Å². The molecule has 0 radical (unpaired) electrons. The molecule has 0 amide bonds. The first-order valence-electron chi connectivity index (χ1n) is 11.7. The van der Waals surface area contributed by atoms with Crippen LogP contribution in [0.2, 0.25) is 0 Å². The van der Waals surface area contributed by atoms with Crippen LogP contribution < -0.4 is 19.5 Å². The summed E-state index contributed by atoms with van der Waals surface area (Å²) in [5, 5.41) is 12.8. The number of benzene rings is 3. The van der Waals surface area contributed by atoms with E-state index < -0.39 is 12.2 Å². The van der Waals surface area contributed by atoms with Gasteiger partial charge in [-0.2, -0.15) is 10.2 Å². The molecule has 3 aromatic carbocycles. The number of rotatable bonds is 9. The smallest absolute Gasteiger partial charge is 0.297 e. The molecule has 0 spiro atoms. The molecule has 0 fully saturated rings. The molecular formula is C28H23BrF2N4O4. The van der Waals surface area contributed by atoms with E-state index in [-0.39, 0.29) is 5.89 Å². The Morgan fingerprint density at radius 1 is 0.923 bits per heavy atom. The Hall–Kier alpha value is -4.25. The molecule has 5 aromatic rings. The van der Waals surface area contributed by atoms with Gasteiger partial charge in [-0.15, -0.1) is 0 Å². The van der Waals surface area contributed by atoms with E-state index in [1.165, 1.54) is 7.11 Å². The van der Waals surface area contributed by atoms with Gasteiger partial charge in [0.2, 0.25) is 5.89 Å². The zero-order valence-corrected chi connectivity index (χ0v) is 22.8. The van der Waals surface area contributed by atoms with Crippen molar-refractivity contribution in [2.45, 2.75) is 13.0 Å². The van der Waals surface area contributed by atoms with Gasteiger partial charge in [-0.1, -0.05) is 6.07 Å². The Morgan fingerprint density at radius 3 is 2.46 bits per heavy atom. The third kappa shape index (κ3) is 5.35. The molecule has 0 aliphatic carbocycles. The largest absolute Gasteiger partial charge is 0.497 e. The van der Waals surface area contributed by atoms with Crippen LogP contribution in [-0.4, -0.2) is 36.5 Å². The van der Waals surface area contributed by atoms with Crippen molar-refractivity contribution >= 4 is 32.5 Å². The number of fused-ring (bicyclic) bond motifs is 1. The number of oxazole rings is 1. The van der Waals surface area contributed by atoms with Crippen molar-refractivity contribution in [2.75, 3.05) is 26.6 Å². The highest BCUT2D eigenvalue weighted by Gasteiger charge is 2.20. The summed E-state index contributed by atoms with van der Waals surface area (Å²) in [5.74, 6) is 1.47. The van der Waals surface area contributed by atoms with Gasteiger partial charge in [0.05, 0.1) is 49.4 Å². The highest BCUT2D eigenvalue weighted by molar-refractivity contribution is 9.10. The van der Waals surface area contributed by atoms with Gasteiger partial charge in [0, 0.05) is 29.1 Å². The van der Waals surface area contributed by atoms with Crippen molar-refractivity contribution in [2.24, 2.45) is 0 Å². The minimum absolute atomic E-state index is 0.0566. The zero-order valence-electron chi connectivity index (χ0n) is 21.2. The number of ether oxygens (including phenoxy) is 3. The van der Waals surface area contributed by atoms with E-state index >= 15 is 0 Å². The second-order valence-electron chi connectivity index (χ2n) is 8.42. The molecule has 200 valence electrons. The molecule has 0 atom stereocenters. The van der Waals surface area contributed by atoms with Crippen LogP contribution in [0.4, 0.5) is 14.5 Å². The Kier molecular flexibility index (Phi) is 7.60. The Balaban J connectivity index is 1.51. The summed E-state index contributed by atoms with van der Waals surface area (Å²) in [6, 6.07) is 14.9. The molecule has 0 aliphatic heterocycles. The molecule has 0 unspecified atom stereocenters. The normalized spacial score (nSPS) is 11.2. The molecule has 1 N–H and O–H groups in total. The molecule has 8 nitrogen and oxygen atoms in total. The molecule has 11 heteroatoms. The van der Waals surface area contributed by atoms with Gasteiger partial charge in [0.25, 0.3) is 6.43 Å². The van der Waals surface area contributed by atoms with Gasteiger partial charge in [0.15, 0.2) is 5.76 Å². The van der Waals surface area contributed by atoms with Gasteiger partial charge in [-0.3, -0.25) is 0 Å². The van der Waals surface area contributed by atoms with Crippen LogP contribution in [0.25, 0.3) is 33.5 Å². The summed E-state index contributed by atoms with van der Waals surface area (Å²) < 4.78 is 48.6. The van der Waals surface area contributed by atoms with Crippen LogP contribution in [-0.2, 0) is 6.54 Å². The zero-order chi connectivity index (χ0) is 27.5. The predicted molar refractivity (Wildman–Crippen MR) is 147 cm³/mol. The average molecular weight is 597 g/mol. The summed E-state index contributed by atoms with van der Waals surface area (Å²) in [5.41, 5.74) is 4.32. The van der Waals surface area contributed by atoms with Crippen LogP contribution in [0.1, 0.15) is 17.7 Å². The van der Waals surface area contributed by atoms with E-state index in [4.69, 9.17) is 18.6 Å². The molecule has 0 saturated heterocycles. The summed E-state index contributed by atoms with van der Waals surface area (Å²) in [6.07, 6.45) is -0.0850. The van der Waals surface area contributed by atoms with E-state index in [9.17, 15) is 8.78 Å². The fraction of sp³-hybridized carbons (Fsp3) is 0.179. The first-order valence-corrected chi connectivity index (χ1v) is 12.5. The molecular weight excluding hydrogens is 574 g/mol. The quantitative estimate of drug-likeness (QED) is 0.190. The monoisotopic (exact) mass is 596 g/mol. The summed E-state index contributed by atoms with van der Waals surface area (Å²) in [7, 11) is 4.74. The Morgan fingerprint density at radius 2 is 1.74 bits per heavy atom. The number of hydrogen-bond donors (Lipinski definition) is 1. The SMILES string of the molecule is COc1ccc(CNc2cnnc3cc(-c4cc(Br)c(OC)cc4-c4ncc(C(F)F)o4)ccc23)c(OC)c1. The number of anilines is 1. The van der Waals surface area contributed by atoms with Gasteiger partial charge >= 0.3 is 0 Å². The third-order valence-electron chi connectivity index (χ3n) is 6.18. The fourth-order valence-corrected chi connectivity index (χ4v) is 4.70. The van der Waals surface area contributed by atoms with Crippen LogP contribution in [0.3, 0.4) is 0 Å². The second kappa shape index (κ2) is 11.2. The summed E-state index contributed by atoms with van der Waals surface area (Å²) >= 11 is 3.51. The molecule has 39 heavy (non-hydrogen) atoms. The summed E-state index contributed by atoms with van der Waals surface area (Å²) in [4.78, 5) is 4.08. The topological polar surface area (TPSA) is 91.5 Å². The summed E-state index contributed by atoms with van der Waals surface area (Å²) in [6.45, 7) is 0.488. The first-order chi connectivity index (χ1) is 18.9. The van der Waals surface area contributed by atoms with Crippen LogP contribution in [0.5, 0.6) is 17.2 Å². The maximum atomic E-state index is 13.2. The van der Waals surface area contributed by atoms with E-state index in [0.29, 0.717) is 44.9 Å². The highest BCUT2D eigenvalue weighted by atomic mass is 79.9. The number of halogens is 3. The number of nitrogens with zero attached hydrogens (tertiary/aromatic N) is 3. The van der Waals surface area contributed by atoms with Crippen molar-refractivity contribution < 1.29 is 27.4 Å². The first kappa shape index (κ1) is 26.4.